The zero-order valence-corrected chi connectivity index (χ0v) is 23.1. The Morgan fingerprint density at radius 1 is 1.11 bits per heavy atom. The van der Waals surface area contributed by atoms with E-state index in [0.29, 0.717) is 19.1 Å². The van der Waals surface area contributed by atoms with Crippen molar-refractivity contribution < 1.29 is 19.1 Å². The molecule has 1 amide bonds. The van der Waals surface area contributed by atoms with Gasteiger partial charge in [-0.2, -0.15) is 0 Å². The van der Waals surface area contributed by atoms with Crippen LogP contribution in [0.25, 0.3) is 0 Å². The van der Waals surface area contributed by atoms with Gasteiger partial charge in [-0.25, -0.2) is 0 Å². The van der Waals surface area contributed by atoms with Gasteiger partial charge in [0.05, 0.1) is 18.6 Å². The summed E-state index contributed by atoms with van der Waals surface area (Å²) in [6, 6.07) is 0. The minimum atomic E-state index is -0.114. The smallest absolute Gasteiger partial charge is 0.315 e. The fourth-order valence-electron chi connectivity index (χ4n) is 8.24. The lowest BCUT2D eigenvalue weighted by atomic mass is 9.54. The number of allylic oxidation sites excluding steroid dienone is 2. The number of hydrogen-bond donors (Lipinski definition) is 1. The standard InChI is InChI=1S/C30H49NO4/c1-19(2)8-7-9-20(3)23-10-11-24-27-25(13-15-29(23,24)5)30(6)14-12-22(18-26(30)28(33)35-27)34-17-16-31-21(4)32/h19-20,22-24,26H,7-18H2,1-6H3,(H,31,32)/t20-,22+,23-,24+,26-,29-,30-/m1/s1. The van der Waals surface area contributed by atoms with Gasteiger partial charge in [-0.3, -0.25) is 9.59 Å². The summed E-state index contributed by atoms with van der Waals surface area (Å²) in [5.74, 6) is 3.54. The Morgan fingerprint density at radius 3 is 2.60 bits per heavy atom. The predicted molar refractivity (Wildman–Crippen MR) is 138 cm³/mol. The Labute approximate surface area is 213 Å². The number of hydrogen-bond acceptors (Lipinski definition) is 4. The van der Waals surface area contributed by atoms with Crippen LogP contribution >= 0.6 is 0 Å². The molecule has 0 spiro atoms. The van der Waals surface area contributed by atoms with Crippen LogP contribution in [0.4, 0.5) is 0 Å². The molecule has 0 unspecified atom stereocenters. The summed E-state index contributed by atoms with van der Waals surface area (Å²) in [4.78, 5) is 24.5. The highest BCUT2D eigenvalue weighted by molar-refractivity contribution is 5.77. The number of carbonyl (C=O) groups excluding carboxylic acids is 2. The molecule has 198 valence electrons. The average Bonchev–Trinajstić information content (AvgIpc) is 3.14. The van der Waals surface area contributed by atoms with Crippen LogP contribution in [0.3, 0.4) is 0 Å². The largest absolute Gasteiger partial charge is 0.431 e. The van der Waals surface area contributed by atoms with E-state index in [4.69, 9.17) is 9.47 Å². The molecular weight excluding hydrogens is 438 g/mol. The maximum Gasteiger partial charge on any atom is 0.315 e. The van der Waals surface area contributed by atoms with E-state index in [-0.39, 0.29) is 34.7 Å². The van der Waals surface area contributed by atoms with Crippen molar-refractivity contribution in [1.29, 1.82) is 0 Å². The molecule has 5 nitrogen and oxygen atoms in total. The third kappa shape index (κ3) is 5.22. The van der Waals surface area contributed by atoms with Crippen LogP contribution in [0, 0.1) is 40.4 Å². The number of esters is 1. The molecule has 2 fully saturated rings. The maximum atomic E-state index is 13.4. The van der Waals surface area contributed by atoms with E-state index in [1.807, 2.05) is 0 Å². The summed E-state index contributed by atoms with van der Waals surface area (Å²) in [5, 5.41) is 2.78. The molecule has 1 aliphatic heterocycles. The molecule has 1 heterocycles. The van der Waals surface area contributed by atoms with Crippen LogP contribution in [0.1, 0.15) is 106 Å². The van der Waals surface area contributed by atoms with E-state index in [1.165, 1.54) is 44.6 Å². The van der Waals surface area contributed by atoms with Crippen LogP contribution in [-0.2, 0) is 19.1 Å². The molecule has 0 radical (unpaired) electrons. The van der Waals surface area contributed by atoms with E-state index in [0.717, 1.165) is 55.6 Å². The van der Waals surface area contributed by atoms with Crippen LogP contribution in [0.5, 0.6) is 0 Å². The van der Waals surface area contributed by atoms with Crippen molar-refractivity contribution in [3.63, 3.8) is 0 Å². The van der Waals surface area contributed by atoms with E-state index >= 15 is 0 Å². The van der Waals surface area contributed by atoms with Gasteiger partial charge in [0, 0.05) is 24.8 Å². The van der Waals surface area contributed by atoms with Crippen molar-refractivity contribution >= 4 is 11.9 Å². The lowest BCUT2D eigenvalue weighted by molar-refractivity contribution is -0.160. The summed E-state index contributed by atoms with van der Waals surface area (Å²) in [7, 11) is 0. The topological polar surface area (TPSA) is 64.6 Å². The molecular formula is C30H49NO4. The van der Waals surface area contributed by atoms with Crippen LogP contribution < -0.4 is 5.32 Å². The van der Waals surface area contributed by atoms with Gasteiger partial charge >= 0.3 is 5.97 Å². The van der Waals surface area contributed by atoms with Gasteiger partial charge in [0.2, 0.25) is 5.91 Å². The highest BCUT2D eigenvalue weighted by Gasteiger charge is 2.59. The van der Waals surface area contributed by atoms with Crippen molar-refractivity contribution in [2.45, 2.75) is 112 Å². The molecule has 3 aliphatic carbocycles. The number of fused-ring (bicyclic) bond motifs is 4. The normalized spacial score (nSPS) is 37.4. The second-order valence-electron chi connectivity index (χ2n) is 13.0. The Bertz CT molecular complexity index is 834. The number of carbonyl (C=O) groups is 2. The fraction of sp³-hybridized carbons (Fsp3) is 0.867. The SMILES string of the molecule is CC(=O)NCCO[C@H]1CC[C@]2(C)C3=C(OC(=O)[C@H]2C1)[C@@H]1CC[C@H]([C@H](C)CCCC(C)C)[C@@]1(C)CC3. The maximum absolute atomic E-state index is 13.4. The molecule has 4 aliphatic rings. The molecule has 0 saturated heterocycles. The highest BCUT2D eigenvalue weighted by Crippen LogP contribution is 2.65. The molecule has 0 aromatic carbocycles. The molecule has 35 heavy (non-hydrogen) atoms. The first kappa shape index (κ1) is 26.7. The van der Waals surface area contributed by atoms with E-state index in [9.17, 15) is 9.59 Å². The van der Waals surface area contributed by atoms with Crippen LogP contribution in [-0.4, -0.2) is 31.1 Å². The monoisotopic (exact) mass is 487 g/mol. The Hall–Kier alpha value is -1.36. The minimum absolute atomic E-state index is 0.0286. The van der Waals surface area contributed by atoms with Gasteiger partial charge in [0.1, 0.15) is 5.76 Å². The predicted octanol–water partition coefficient (Wildman–Crippen LogP) is 6.41. The second kappa shape index (κ2) is 10.6. The number of amides is 1. The van der Waals surface area contributed by atoms with E-state index in [2.05, 4.69) is 39.9 Å². The van der Waals surface area contributed by atoms with Gasteiger partial charge in [-0.15, -0.1) is 0 Å². The Balaban J connectivity index is 1.45. The summed E-state index contributed by atoms with van der Waals surface area (Å²) in [6.07, 6.45) is 11.4. The zero-order chi connectivity index (χ0) is 25.4. The second-order valence-corrected chi connectivity index (χ2v) is 13.0. The number of rotatable bonds is 9. The summed E-state index contributed by atoms with van der Waals surface area (Å²) in [5.41, 5.74) is 1.61. The molecule has 1 N–H and O–H groups in total. The molecule has 0 aromatic rings. The molecule has 5 heteroatoms. The quantitative estimate of drug-likeness (QED) is 0.301. The Kier molecular flexibility index (Phi) is 8.05. The molecule has 7 atom stereocenters. The first-order chi connectivity index (χ1) is 16.6. The van der Waals surface area contributed by atoms with Gasteiger partial charge in [0.25, 0.3) is 0 Å². The molecule has 2 saturated carbocycles. The third-order valence-corrected chi connectivity index (χ3v) is 10.3. The summed E-state index contributed by atoms with van der Waals surface area (Å²) < 4.78 is 12.3. The van der Waals surface area contributed by atoms with Crippen LogP contribution in [0.2, 0.25) is 0 Å². The molecule has 0 aromatic heterocycles. The number of ether oxygens (including phenoxy) is 2. The van der Waals surface area contributed by atoms with Crippen molar-refractivity contribution in [3.8, 4) is 0 Å². The van der Waals surface area contributed by atoms with Crippen molar-refractivity contribution in [2.24, 2.45) is 40.4 Å². The Morgan fingerprint density at radius 2 is 1.89 bits per heavy atom. The lowest BCUT2D eigenvalue weighted by Gasteiger charge is -2.53. The van der Waals surface area contributed by atoms with Crippen molar-refractivity contribution in [1.82, 2.24) is 5.32 Å². The molecule has 4 rings (SSSR count). The first-order valence-electron chi connectivity index (χ1n) is 14.4. The van der Waals surface area contributed by atoms with Gasteiger partial charge in [-0.05, 0) is 73.7 Å². The number of nitrogens with one attached hydrogen (secondary N) is 1. The zero-order valence-electron chi connectivity index (χ0n) is 23.1. The average molecular weight is 488 g/mol. The van der Waals surface area contributed by atoms with E-state index in [1.54, 1.807) is 0 Å². The van der Waals surface area contributed by atoms with E-state index < -0.39 is 0 Å². The van der Waals surface area contributed by atoms with Gasteiger partial charge in [-0.1, -0.05) is 53.9 Å². The highest BCUT2D eigenvalue weighted by atomic mass is 16.5. The summed E-state index contributed by atoms with van der Waals surface area (Å²) >= 11 is 0. The fourth-order valence-corrected chi connectivity index (χ4v) is 8.24. The third-order valence-electron chi connectivity index (χ3n) is 10.3. The molecule has 0 bridgehead atoms. The lowest BCUT2D eigenvalue weighted by Crippen LogP contribution is -2.50. The van der Waals surface area contributed by atoms with Crippen LogP contribution in [0.15, 0.2) is 11.3 Å². The summed E-state index contributed by atoms with van der Waals surface area (Å²) in [6.45, 7) is 14.5. The minimum Gasteiger partial charge on any atom is -0.431 e. The van der Waals surface area contributed by atoms with Gasteiger partial charge < -0.3 is 14.8 Å². The van der Waals surface area contributed by atoms with Crippen molar-refractivity contribution in [3.05, 3.63) is 11.3 Å². The van der Waals surface area contributed by atoms with Gasteiger partial charge in [0.15, 0.2) is 0 Å². The van der Waals surface area contributed by atoms with Crippen molar-refractivity contribution in [2.75, 3.05) is 13.2 Å². The first-order valence-corrected chi connectivity index (χ1v) is 14.4.